The first-order chi connectivity index (χ1) is 7.65. The van der Waals surface area contributed by atoms with Crippen molar-refractivity contribution in [1.29, 1.82) is 0 Å². The van der Waals surface area contributed by atoms with Gasteiger partial charge < -0.3 is 15.4 Å². The summed E-state index contributed by atoms with van der Waals surface area (Å²) in [7, 11) is 1.58. The maximum Gasteiger partial charge on any atom is 0.242 e. The maximum atomic E-state index is 12.2. The Balaban J connectivity index is 0.00000144. The molecule has 4 nitrogen and oxygen atoms in total. The van der Waals surface area contributed by atoms with Crippen LogP contribution in [0.4, 0.5) is 0 Å². The molecule has 2 aliphatic rings. The molecule has 2 unspecified atom stereocenters. The Labute approximate surface area is 109 Å². The molecule has 2 atom stereocenters. The molecule has 5 heteroatoms. The van der Waals surface area contributed by atoms with Crippen LogP contribution in [0, 0.1) is 5.92 Å². The molecule has 0 aromatic carbocycles. The van der Waals surface area contributed by atoms with Gasteiger partial charge >= 0.3 is 0 Å². The molecule has 17 heavy (non-hydrogen) atoms. The second-order valence-corrected chi connectivity index (χ2v) is 5.12. The van der Waals surface area contributed by atoms with Crippen molar-refractivity contribution >= 4 is 18.3 Å². The second-order valence-electron chi connectivity index (χ2n) is 5.12. The largest absolute Gasteiger partial charge is 0.383 e. The highest BCUT2D eigenvalue weighted by Gasteiger charge is 2.42. The summed E-state index contributed by atoms with van der Waals surface area (Å²) < 4.78 is 4.96. The molecule has 2 N–H and O–H groups in total. The van der Waals surface area contributed by atoms with Gasteiger partial charge in [0.2, 0.25) is 5.91 Å². The van der Waals surface area contributed by atoms with Gasteiger partial charge in [-0.2, -0.15) is 0 Å². The topological polar surface area (TPSA) is 55.6 Å². The van der Waals surface area contributed by atoms with Crippen molar-refractivity contribution in [3.05, 3.63) is 0 Å². The Morgan fingerprint density at radius 1 is 1.41 bits per heavy atom. The lowest BCUT2D eigenvalue weighted by molar-refractivity contribution is -0.136. The van der Waals surface area contributed by atoms with Crippen LogP contribution in [0.3, 0.4) is 0 Å². The Kier molecular flexibility index (Phi) is 5.22. The highest BCUT2D eigenvalue weighted by molar-refractivity contribution is 5.85. The predicted molar refractivity (Wildman–Crippen MR) is 69.2 cm³/mol. The first-order valence-corrected chi connectivity index (χ1v) is 6.21. The van der Waals surface area contributed by atoms with Crippen molar-refractivity contribution in [3.8, 4) is 0 Å². The third-order valence-electron chi connectivity index (χ3n) is 3.60. The molecule has 0 bridgehead atoms. The number of nitrogens with two attached hydrogens (primary N) is 1. The standard InChI is InChI=1S/C12H22N2O2.ClH/c1-8(9-3-4-9)14(10-5-6-10)12(15)11(13)7-16-2;/h8-11H,3-7,13H2,1-2H3;1H. The number of methoxy groups -OCH3 is 1. The van der Waals surface area contributed by atoms with Crippen molar-refractivity contribution in [3.63, 3.8) is 0 Å². The average molecular weight is 263 g/mol. The monoisotopic (exact) mass is 262 g/mol. The van der Waals surface area contributed by atoms with Gasteiger partial charge in [0.15, 0.2) is 0 Å². The van der Waals surface area contributed by atoms with Gasteiger partial charge in [0.25, 0.3) is 0 Å². The average Bonchev–Trinajstić information content (AvgIpc) is 3.10. The van der Waals surface area contributed by atoms with Crippen LogP contribution in [-0.4, -0.2) is 42.6 Å². The normalized spacial score (nSPS) is 22.5. The molecule has 2 fully saturated rings. The second kappa shape index (κ2) is 6.03. The van der Waals surface area contributed by atoms with Gasteiger partial charge in [0.1, 0.15) is 6.04 Å². The third kappa shape index (κ3) is 3.57. The highest BCUT2D eigenvalue weighted by Crippen LogP contribution is 2.39. The van der Waals surface area contributed by atoms with Crippen LogP contribution in [0.1, 0.15) is 32.6 Å². The summed E-state index contributed by atoms with van der Waals surface area (Å²) >= 11 is 0. The van der Waals surface area contributed by atoms with Gasteiger partial charge in [0, 0.05) is 19.2 Å². The van der Waals surface area contributed by atoms with Crippen molar-refractivity contribution < 1.29 is 9.53 Å². The van der Waals surface area contributed by atoms with E-state index in [1.54, 1.807) is 7.11 Å². The number of rotatable bonds is 6. The molecular formula is C12H23ClN2O2. The van der Waals surface area contributed by atoms with E-state index in [4.69, 9.17) is 10.5 Å². The van der Waals surface area contributed by atoms with E-state index < -0.39 is 6.04 Å². The first kappa shape index (κ1) is 14.7. The Morgan fingerprint density at radius 3 is 2.41 bits per heavy atom. The number of ether oxygens (including phenoxy) is 1. The summed E-state index contributed by atoms with van der Waals surface area (Å²) in [6, 6.07) is 0.320. The van der Waals surface area contributed by atoms with Crippen molar-refractivity contribution in [2.75, 3.05) is 13.7 Å². The fourth-order valence-electron chi connectivity index (χ4n) is 2.31. The minimum Gasteiger partial charge on any atom is -0.383 e. The van der Waals surface area contributed by atoms with Crippen LogP contribution in [0.25, 0.3) is 0 Å². The molecule has 0 aromatic heterocycles. The number of hydrogen-bond acceptors (Lipinski definition) is 3. The van der Waals surface area contributed by atoms with E-state index in [1.807, 2.05) is 4.90 Å². The zero-order valence-corrected chi connectivity index (χ0v) is 11.4. The first-order valence-electron chi connectivity index (χ1n) is 6.21. The number of hydrogen-bond donors (Lipinski definition) is 1. The molecule has 0 radical (unpaired) electrons. The van der Waals surface area contributed by atoms with Gasteiger partial charge in [-0.15, -0.1) is 12.4 Å². The Hall–Kier alpha value is -0.320. The minimum atomic E-state index is -0.494. The molecule has 1 amide bonds. The van der Waals surface area contributed by atoms with Crippen LogP contribution < -0.4 is 5.73 Å². The van der Waals surface area contributed by atoms with Gasteiger partial charge in [-0.1, -0.05) is 0 Å². The van der Waals surface area contributed by atoms with E-state index in [0.717, 1.165) is 12.8 Å². The summed E-state index contributed by atoms with van der Waals surface area (Å²) in [5.41, 5.74) is 5.84. The molecule has 0 spiro atoms. The quantitative estimate of drug-likeness (QED) is 0.782. The smallest absolute Gasteiger partial charge is 0.242 e. The summed E-state index contributed by atoms with van der Waals surface area (Å²) in [4.78, 5) is 14.2. The van der Waals surface area contributed by atoms with Crippen molar-refractivity contribution in [1.82, 2.24) is 4.90 Å². The van der Waals surface area contributed by atoms with Gasteiger partial charge in [-0.25, -0.2) is 0 Å². The summed E-state index contributed by atoms with van der Waals surface area (Å²) in [6.45, 7) is 2.48. The van der Waals surface area contributed by atoms with E-state index in [9.17, 15) is 4.79 Å². The Morgan fingerprint density at radius 2 is 2.00 bits per heavy atom. The van der Waals surface area contributed by atoms with Gasteiger partial charge in [-0.05, 0) is 38.5 Å². The minimum absolute atomic E-state index is 0. The molecule has 100 valence electrons. The van der Waals surface area contributed by atoms with Gasteiger partial charge in [-0.3, -0.25) is 4.79 Å². The Bertz CT molecular complexity index is 267. The van der Waals surface area contributed by atoms with Crippen LogP contribution >= 0.6 is 12.4 Å². The van der Waals surface area contributed by atoms with E-state index in [0.29, 0.717) is 24.6 Å². The van der Waals surface area contributed by atoms with E-state index in [-0.39, 0.29) is 18.3 Å². The predicted octanol–water partition coefficient (Wildman–Crippen LogP) is 1.17. The highest BCUT2D eigenvalue weighted by atomic mass is 35.5. The molecule has 2 aliphatic carbocycles. The molecular weight excluding hydrogens is 240 g/mol. The number of nitrogens with zero attached hydrogens (tertiary/aromatic N) is 1. The lowest BCUT2D eigenvalue weighted by Gasteiger charge is -2.31. The maximum absolute atomic E-state index is 12.2. The molecule has 0 saturated heterocycles. The number of halogens is 1. The summed E-state index contributed by atoms with van der Waals surface area (Å²) in [5.74, 6) is 0.781. The SMILES string of the molecule is COCC(N)C(=O)N(C1CC1)C(C)C1CC1.Cl. The molecule has 0 aliphatic heterocycles. The number of carbonyl (C=O) groups excluding carboxylic acids is 1. The van der Waals surface area contributed by atoms with E-state index in [1.165, 1.54) is 12.8 Å². The molecule has 2 saturated carbocycles. The van der Waals surface area contributed by atoms with Gasteiger partial charge in [0.05, 0.1) is 6.61 Å². The number of carbonyl (C=O) groups is 1. The van der Waals surface area contributed by atoms with E-state index in [2.05, 4.69) is 6.92 Å². The summed E-state index contributed by atoms with van der Waals surface area (Å²) in [6.07, 6.45) is 4.80. The fraction of sp³-hybridized carbons (Fsp3) is 0.917. The molecule has 0 heterocycles. The third-order valence-corrected chi connectivity index (χ3v) is 3.60. The van der Waals surface area contributed by atoms with Crippen LogP contribution in [0.5, 0.6) is 0 Å². The zero-order valence-electron chi connectivity index (χ0n) is 10.6. The lowest BCUT2D eigenvalue weighted by Crippen LogP contribution is -2.51. The lowest BCUT2D eigenvalue weighted by atomic mass is 10.1. The zero-order chi connectivity index (χ0) is 11.7. The van der Waals surface area contributed by atoms with Crippen molar-refractivity contribution in [2.24, 2.45) is 11.7 Å². The van der Waals surface area contributed by atoms with Crippen LogP contribution in [-0.2, 0) is 9.53 Å². The molecule has 0 aromatic rings. The van der Waals surface area contributed by atoms with Crippen LogP contribution in [0.2, 0.25) is 0 Å². The van der Waals surface area contributed by atoms with E-state index >= 15 is 0 Å². The summed E-state index contributed by atoms with van der Waals surface area (Å²) in [5, 5.41) is 0. The van der Waals surface area contributed by atoms with Crippen molar-refractivity contribution in [2.45, 2.75) is 50.7 Å². The number of amides is 1. The van der Waals surface area contributed by atoms with Crippen LogP contribution in [0.15, 0.2) is 0 Å². The molecule has 2 rings (SSSR count). The fourth-order valence-corrected chi connectivity index (χ4v) is 2.31.